The fraction of sp³-hybridized carbons (Fsp3) is 0.200. The van der Waals surface area contributed by atoms with E-state index in [4.69, 9.17) is 14.7 Å². The number of benzene rings is 1. The maximum Gasteiger partial charge on any atom is 0.140 e. The van der Waals surface area contributed by atoms with E-state index in [1.807, 2.05) is 30.3 Å². The first-order valence-electron chi connectivity index (χ1n) is 5.98. The van der Waals surface area contributed by atoms with Crippen LogP contribution in [0, 0.1) is 11.3 Å². The zero-order chi connectivity index (χ0) is 14.4. The van der Waals surface area contributed by atoms with Gasteiger partial charge in [-0.05, 0) is 45.3 Å². The lowest BCUT2D eigenvalue weighted by Crippen LogP contribution is -1.97. The molecule has 0 N–H and O–H groups in total. The van der Waals surface area contributed by atoms with Crippen molar-refractivity contribution < 1.29 is 9.47 Å². The lowest BCUT2D eigenvalue weighted by atomic mass is 10.2. The van der Waals surface area contributed by atoms with Crippen molar-refractivity contribution in [3.63, 3.8) is 0 Å². The molecule has 2 rings (SSSR count). The number of nitrogens with zero attached hydrogens (tertiary/aromatic N) is 2. The Morgan fingerprint density at radius 2 is 2.00 bits per heavy atom. The molecule has 1 heterocycles. The van der Waals surface area contributed by atoms with Crippen LogP contribution in [0.2, 0.25) is 0 Å². The molecule has 2 aromatic rings. The quantitative estimate of drug-likeness (QED) is 0.841. The minimum Gasteiger partial charge on any atom is -0.497 e. The second-order valence-electron chi connectivity index (χ2n) is 4.11. The number of hydrogen-bond donors (Lipinski definition) is 0. The van der Waals surface area contributed by atoms with Gasteiger partial charge in [-0.2, -0.15) is 5.26 Å². The van der Waals surface area contributed by atoms with Crippen LogP contribution in [0.3, 0.4) is 0 Å². The van der Waals surface area contributed by atoms with Gasteiger partial charge in [0, 0.05) is 10.7 Å². The van der Waals surface area contributed by atoms with E-state index in [0.29, 0.717) is 18.9 Å². The number of aromatic nitrogens is 1. The SMILES string of the molecule is COc1ccc(COCc2cc(C#N)ncc2Br)cc1. The van der Waals surface area contributed by atoms with E-state index in [0.717, 1.165) is 21.3 Å². The van der Waals surface area contributed by atoms with Crippen LogP contribution < -0.4 is 4.74 Å². The topological polar surface area (TPSA) is 55.1 Å². The van der Waals surface area contributed by atoms with Gasteiger partial charge in [0.2, 0.25) is 0 Å². The molecular formula is C15H13BrN2O2. The summed E-state index contributed by atoms with van der Waals surface area (Å²) in [5.74, 6) is 0.823. The van der Waals surface area contributed by atoms with Crippen molar-refractivity contribution >= 4 is 15.9 Å². The Morgan fingerprint density at radius 3 is 2.65 bits per heavy atom. The Hall–Kier alpha value is -1.90. The van der Waals surface area contributed by atoms with Crippen LogP contribution in [0.1, 0.15) is 16.8 Å². The largest absolute Gasteiger partial charge is 0.497 e. The highest BCUT2D eigenvalue weighted by Gasteiger charge is 2.03. The predicted molar refractivity (Wildman–Crippen MR) is 78.1 cm³/mol. The Kier molecular flexibility index (Phi) is 5.10. The van der Waals surface area contributed by atoms with Gasteiger partial charge in [-0.25, -0.2) is 4.98 Å². The minimum atomic E-state index is 0.385. The monoisotopic (exact) mass is 332 g/mol. The molecule has 0 bridgehead atoms. The average Bonchev–Trinajstić information content (AvgIpc) is 2.50. The number of rotatable bonds is 5. The summed E-state index contributed by atoms with van der Waals surface area (Å²) in [6, 6.07) is 11.4. The van der Waals surface area contributed by atoms with Crippen molar-refractivity contribution in [3.8, 4) is 11.8 Å². The molecular weight excluding hydrogens is 320 g/mol. The van der Waals surface area contributed by atoms with E-state index in [1.165, 1.54) is 0 Å². The molecule has 0 saturated heterocycles. The number of hydrogen-bond acceptors (Lipinski definition) is 4. The van der Waals surface area contributed by atoms with Crippen molar-refractivity contribution in [2.24, 2.45) is 0 Å². The highest BCUT2D eigenvalue weighted by atomic mass is 79.9. The van der Waals surface area contributed by atoms with Crippen LogP contribution in [0.5, 0.6) is 5.75 Å². The van der Waals surface area contributed by atoms with Gasteiger partial charge in [0.1, 0.15) is 17.5 Å². The lowest BCUT2D eigenvalue weighted by molar-refractivity contribution is 0.106. The Bertz CT molecular complexity index is 621. The van der Waals surface area contributed by atoms with Crippen molar-refractivity contribution in [1.29, 1.82) is 5.26 Å². The van der Waals surface area contributed by atoms with E-state index >= 15 is 0 Å². The van der Waals surface area contributed by atoms with Crippen LogP contribution in [-0.2, 0) is 18.0 Å². The fourth-order valence-corrected chi connectivity index (χ4v) is 1.98. The standard InChI is InChI=1S/C15H13BrN2O2/c1-19-14-4-2-11(3-5-14)9-20-10-12-6-13(7-17)18-8-15(12)16/h2-6,8H,9-10H2,1H3. The van der Waals surface area contributed by atoms with Crippen LogP contribution in [0.25, 0.3) is 0 Å². The van der Waals surface area contributed by atoms with Gasteiger partial charge >= 0.3 is 0 Å². The van der Waals surface area contributed by atoms with Crippen molar-refractivity contribution in [1.82, 2.24) is 4.98 Å². The number of pyridine rings is 1. The van der Waals surface area contributed by atoms with Gasteiger partial charge in [0.25, 0.3) is 0 Å². The Morgan fingerprint density at radius 1 is 1.25 bits per heavy atom. The summed E-state index contributed by atoms with van der Waals surface area (Å²) in [7, 11) is 1.64. The average molecular weight is 333 g/mol. The summed E-state index contributed by atoms with van der Waals surface area (Å²) in [6.45, 7) is 0.921. The summed E-state index contributed by atoms with van der Waals surface area (Å²) in [6.07, 6.45) is 1.62. The molecule has 0 saturated carbocycles. The van der Waals surface area contributed by atoms with Crippen molar-refractivity contribution in [2.75, 3.05) is 7.11 Å². The predicted octanol–water partition coefficient (Wildman–Crippen LogP) is 3.44. The van der Waals surface area contributed by atoms with E-state index in [9.17, 15) is 0 Å². The molecule has 0 unspecified atom stereocenters. The molecule has 1 aromatic carbocycles. The normalized spacial score (nSPS) is 10.1. The first kappa shape index (κ1) is 14.5. The number of methoxy groups -OCH3 is 1. The van der Waals surface area contributed by atoms with E-state index < -0.39 is 0 Å². The van der Waals surface area contributed by atoms with Crippen LogP contribution in [0.4, 0.5) is 0 Å². The van der Waals surface area contributed by atoms with Gasteiger partial charge in [-0.15, -0.1) is 0 Å². The van der Waals surface area contributed by atoms with Gasteiger partial charge in [-0.1, -0.05) is 12.1 Å². The van der Waals surface area contributed by atoms with Gasteiger partial charge in [0.15, 0.2) is 0 Å². The fourth-order valence-electron chi connectivity index (χ4n) is 1.65. The molecule has 0 aliphatic rings. The summed E-state index contributed by atoms with van der Waals surface area (Å²) in [5.41, 5.74) is 2.36. The zero-order valence-electron chi connectivity index (χ0n) is 11.0. The Balaban J connectivity index is 1.94. The summed E-state index contributed by atoms with van der Waals surface area (Å²) < 4.78 is 11.6. The van der Waals surface area contributed by atoms with E-state index in [2.05, 4.69) is 20.9 Å². The molecule has 0 atom stereocenters. The molecule has 4 nitrogen and oxygen atoms in total. The highest BCUT2D eigenvalue weighted by molar-refractivity contribution is 9.10. The number of halogens is 1. The Labute approximate surface area is 126 Å². The summed E-state index contributed by atoms with van der Waals surface area (Å²) in [4.78, 5) is 3.97. The first-order chi connectivity index (χ1) is 9.72. The molecule has 0 amide bonds. The van der Waals surface area contributed by atoms with E-state index in [1.54, 1.807) is 19.4 Å². The lowest BCUT2D eigenvalue weighted by Gasteiger charge is -2.07. The third-order valence-electron chi connectivity index (χ3n) is 2.73. The number of nitriles is 1. The van der Waals surface area contributed by atoms with Crippen LogP contribution >= 0.6 is 15.9 Å². The van der Waals surface area contributed by atoms with Crippen molar-refractivity contribution in [2.45, 2.75) is 13.2 Å². The van der Waals surface area contributed by atoms with Crippen LogP contribution in [-0.4, -0.2) is 12.1 Å². The first-order valence-corrected chi connectivity index (χ1v) is 6.77. The molecule has 0 aliphatic carbocycles. The maximum atomic E-state index is 8.83. The summed E-state index contributed by atoms with van der Waals surface area (Å²) in [5, 5.41) is 8.83. The van der Waals surface area contributed by atoms with Gasteiger partial charge < -0.3 is 9.47 Å². The second-order valence-corrected chi connectivity index (χ2v) is 4.97. The zero-order valence-corrected chi connectivity index (χ0v) is 12.6. The molecule has 0 fully saturated rings. The van der Waals surface area contributed by atoms with Crippen molar-refractivity contribution in [3.05, 3.63) is 57.8 Å². The van der Waals surface area contributed by atoms with Gasteiger partial charge in [0.05, 0.1) is 20.3 Å². The smallest absolute Gasteiger partial charge is 0.140 e. The summed E-state index contributed by atoms with van der Waals surface area (Å²) >= 11 is 3.40. The second kappa shape index (κ2) is 7.04. The third-order valence-corrected chi connectivity index (χ3v) is 3.45. The number of ether oxygens (including phenoxy) is 2. The molecule has 0 aliphatic heterocycles. The van der Waals surface area contributed by atoms with Gasteiger partial charge in [-0.3, -0.25) is 0 Å². The maximum absolute atomic E-state index is 8.83. The molecule has 102 valence electrons. The van der Waals surface area contributed by atoms with E-state index in [-0.39, 0.29) is 0 Å². The third kappa shape index (κ3) is 3.80. The van der Waals surface area contributed by atoms with Crippen LogP contribution in [0.15, 0.2) is 41.0 Å². The minimum absolute atomic E-state index is 0.385. The molecule has 0 spiro atoms. The molecule has 5 heteroatoms. The highest BCUT2D eigenvalue weighted by Crippen LogP contribution is 2.18. The molecule has 1 aromatic heterocycles. The molecule has 0 radical (unpaired) electrons. The molecule has 20 heavy (non-hydrogen) atoms.